The topological polar surface area (TPSA) is 29.1 Å². The molecule has 0 aromatic carbocycles. The molecule has 2 rings (SSSR count). The maximum Gasteiger partial charge on any atom is 0.223 e. The van der Waals surface area contributed by atoms with Gasteiger partial charge in [-0.05, 0) is 30.6 Å². The minimum absolute atomic E-state index is 0.313. The lowest BCUT2D eigenvalue weighted by Gasteiger charge is -2.34. The minimum Gasteiger partial charge on any atom is -0.353 e. The predicted molar refractivity (Wildman–Crippen MR) is 61.4 cm³/mol. The van der Waals surface area contributed by atoms with Crippen LogP contribution in [0, 0.1) is 23.7 Å². The summed E-state index contributed by atoms with van der Waals surface area (Å²) < 4.78 is 0. The van der Waals surface area contributed by atoms with E-state index in [1.165, 1.54) is 19.3 Å². The molecule has 0 bridgehead atoms. The van der Waals surface area contributed by atoms with Gasteiger partial charge in [0, 0.05) is 12.0 Å². The molecule has 0 aliphatic heterocycles. The van der Waals surface area contributed by atoms with Crippen LogP contribution >= 0.6 is 0 Å². The Morgan fingerprint density at radius 1 is 1.13 bits per heavy atom. The van der Waals surface area contributed by atoms with Crippen molar-refractivity contribution in [3.8, 4) is 0 Å². The Kier molecular flexibility index (Phi) is 3.03. The van der Waals surface area contributed by atoms with E-state index >= 15 is 0 Å². The molecule has 2 nitrogen and oxygen atoms in total. The van der Waals surface area contributed by atoms with Crippen LogP contribution in [0.2, 0.25) is 0 Å². The zero-order chi connectivity index (χ0) is 11.0. The molecule has 0 heterocycles. The molecule has 86 valence electrons. The Morgan fingerprint density at radius 3 is 2.40 bits per heavy atom. The molecule has 2 aliphatic carbocycles. The lowest BCUT2D eigenvalue weighted by Crippen LogP contribution is -2.44. The fourth-order valence-corrected chi connectivity index (χ4v) is 2.76. The van der Waals surface area contributed by atoms with Gasteiger partial charge >= 0.3 is 0 Å². The molecule has 2 aliphatic rings. The molecule has 0 saturated heterocycles. The molecule has 5 atom stereocenters. The summed E-state index contributed by atoms with van der Waals surface area (Å²) in [6.45, 7) is 6.75. The largest absolute Gasteiger partial charge is 0.353 e. The van der Waals surface area contributed by atoms with E-state index in [9.17, 15) is 4.79 Å². The number of amides is 1. The minimum atomic E-state index is 0.313. The van der Waals surface area contributed by atoms with Crippen LogP contribution in [0.4, 0.5) is 0 Å². The van der Waals surface area contributed by atoms with Gasteiger partial charge in [0.15, 0.2) is 0 Å². The van der Waals surface area contributed by atoms with Crippen molar-refractivity contribution in [1.82, 2.24) is 5.32 Å². The Balaban J connectivity index is 1.85. The number of carbonyl (C=O) groups is 1. The second-order valence-electron chi connectivity index (χ2n) is 5.70. The average Bonchev–Trinajstić information content (AvgIpc) is 2.91. The summed E-state index contributed by atoms with van der Waals surface area (Å²) in [5, 5.41) is 3.25. The van der Waals surface area contributed by atoms with Crippen LogP contribution in [0.5, 0.6) is 0 Å². The Bertz CT molecular complexity index is 251. The fourth-order valence-electron chi connectivity index (χ4n) is 2.76. The molecule has 0 aromatic heterocycles. The zero-order valence-corrected chi connectivity index (χ0v) is 10.1. The van der Waals surface area contributed by atoms with Crippen molar-refractivity contribution in [1.29, 1.82) is 0 Å². The van der Waals surface area contributed by atoms with Gasteiger partial charge in [-0.25, -0.2) is 0 Å². The van der Waals surface area contributed by atoms with Crippen LogP contribution in [-0.2, 0) is 4.79 Å². The first-order chi connectivity index (χ1) is 7.09. The predicted octanol–water partition coefficient (Wildman–Crippen LogP) is 2.58. The second kappa shape index (κ2) is 4.15. The van der Waals surface area contributed by atoms with E-state index in [-0.39, 0.29) is 0 Å². The monoisotopic (exact) mass is 209 g/mol. The average molecular weight is 209 g/mol. The second-order valence-corrected chi connectivity index (χ2v) is 5.70. The zero-order valence-electron chi connectivity index (χ0n) is 10.1. The molecular formula is C13H23NO. The van der Waals surface area contributed by atoms with Gasteiger partial charge in [0.1, 0.15) is 0 Å². The van der Waals surface area contributed by atoms with Crippen molar-refractivity contribution < 1.29 is 4.79 Å². The van der Waals surface area contributed by atoms with Gasteiger partial charge in [0.2, 0.25) is 5.91 Å². The van der Waals surface area contributed by atoms with E-state index in [1.807, 2.05) is 0 Å². The summed E-state index contributed by atoms with van der Waals surface area (Å²) >= 11 is 0. The molecule has 2 heteroatoms. The van der Waals surface area contributed by atoms with Crippen molar-refractivity contribution in [2.75, 3.05) is 0 Å². The highest BCUT2D eigenvalue weighted by molar-refractivity contribution is 5.81. The normalized spacial score (nSPS) is 44.9. The number of hydrogen-bond acceptors (Lipinski definition) is 1. The summed E-state index contributed by atoms with van der Waals surface area (Å²) in [5.74, 6) is 2.68. The highest BCUT2D eigenvalue weighted by Gasteiger charge is 2.40. The van der Waals surface area contributed by atoms with E-state index in [2.05, 4.69) is 26.1 Å². The van der Waals surface area contributed by atoms with E-state index < -0.39 is 0 Å². The summed E-state index contributed by atoms with van der Waals surface area (Å²) in [7, 11) is 0. The van der Waals surface area contributed by atoms with Crippen molar-refractivity contribution in [3.63, 3.8) is 0 Å². The highest BCUT2D eigenvalue weighted by atomic mass is 16.2. The summed E-state index contributed by atoms with van der Waals surface area (Å²) in [5.41, 5.74) is 0. The maximum atomic E-state index is 11.8. The molecule has 2 saturated carbocycles. The van der Waals surface area contributed by atoms with E-state index in [0.29, 0.717) is 29.7 Å². The molecule has 1 N–H and O–H groups in total. The third kappa shape index (κ3) is 2.35. The SMILES string of the molecule is CC1CC1C(=O)NC1CCCC(C)C1C. The smallest absolute Gasteiger partial charge is 0.223 e. The lowest BCUT2D eigenvalue weighted by molar-refractivity contribution is -0.124. The van der Waals surface area contributed by atoms with Crippen LogP contribution < -0.4 is 5.32 Å². The third-order valence-corrected chi connectivity index (χ3v) is 4.48. The maximum absolute atomic E-state index is 11.8. The van der Waals surface area contributed by atoms with Crippen LogP contribution in [0.25, 0.3) is 0 Å². The summed E-state index contributed by atoms with van der Waals surface area (Å²) in [6.07, 6.45) is 4.88. The van der Waals surface area contributed by atoms with Gasteiger partial charge in [0.05, 0.1) is 0 Å². The van der Waals surface area contributed by atoms with Gasteiger partial charge in [-0.15, -0.1) is 0 Å². The molecule has 0 radical (unpaired) electrons. The third-order valence-electron chi connectivity index (χ3n) is 4.48. The standard InChI is InChI=1S/C13H23NO/c1-8-5-4-6-12(10(8)3)14-13(15)11-7-9(11)2/h8-12H,4-7H2,1-3H3,(H,14,15). The summed E-state index contributed by atoms with van der Waals surface area (Å²) in [4.78, 5) is 11.8. The molecular weight excluding hydrogens is 186 g/mol. The molecule has 5 unspecified atom stereocenters. The number of carbonyl (C=O) groups excluding carboxylic acids is 1. The highest BCUT2D eigenvalue weighted by Crippen LogP contribution is 2.38. The quantitative estimate of drug-likeness (QED) is 0.744. The molecule has 15 heavy (non-hydrogen) atoms. The van der Waals surface area contributed by atoms with Gasteiger partial charge in [-0.2, -0.15) is 0 Å². The first kappa shape index (κ1) is 11.0. The Hall–Kier alpha value is -0.530. The fraction of sp³-hybridized carbons (Fsp3) is 0.923. The lowest BCUT2D eigenvalue weighted by atomic mass is 9.78. The molecule has 2 fully saturated rings. The van der Waals surface area contributed by atoms with Gasteiger partial charge in [-0.3, -0.25) is 4.79 Å². The molecule has 0 spiro atoms. The van der Waals surface area contributed by atoms with Gasteiger partial charge < -0.3 is 5.32 Å². The first-order valence-corrected chi connectivity index (χ1v) is 6.40. The molecule has 0 aromatic rings. The van der Waals surface area contributed by atoms with Crippen molar-refractivity contribution in [2.45, 2.75) is 52.5 Å². The van der Waals surface area contributed by atoms with Crippen LogP contribution in [0.3, 0.4) is 0 Å². The van der Waals surface area contributed by atoms with Crippen LogP contribution in [0.15, 0.2) is 0 Å². The van der Waals surface area contributed by atoms with E-state index in [4.69, 9.17) is 0 Å². The van der Waals surface area contributed by atoms with Crippen LogP contribution in [0.1, 0.15) is 46.5 Å². The Morgan fingerprint density at radius 2 is 1.80 bits per heavy atom. The molecule has 1 amide bonds. The number of rotatable bonds is 2. The Labute approximate surface area is 92.8 Å². The van der Waals surface area contributed by atoms with E-state index in [0.717, 1.165) is 12.3 Å². The summed E-state index contributed by atoms with van der Waals surface area (Å²) in [6, 6.07) is 0.439. The van der Waals surface area contributed by atoms with E-state index in [1.54, 1.807) is 0 Å². The number of hydrogen-bond donors (Lipinski definition) is 1. The first-order valence-electron chi connectivity index (χ1n) is 6.40. The van der Waals surface area contributed by atoms with Crippen molar-refractivity contribution in [2.24, 2.45) is 23.7 Å². The number of nitrogens with one attached hydrogen (secondary N) is 1. The van der Waals surface area contributed by atoms with Crippen molar-refractivity contribution >= 4 is 5.91 Å². The van der Waals surface area contributed by atoms with Crippen molar-refractivity contribution in [3.05, 3.63) is 0 Å². The van der Waals surface area contributed by atoms with Crippen LogP contribution in [-0.4, -0.2) is 11.9 Å². The van der Waals surface area contributed by atoms with Gasteiger partial charge in [-0.1, -0.05) is 33.6 Å². The van der Waals surface area contributed by atoms with Gasteiger partial charge in [0.25, 0.3) is 0 Å².